The summed E-state index contributed by atoms with van der Waals surface area (Å²) in [4.78, 5) is 0. The van der Waals surface area contributed by atoms with Gasteiger partial charge in [-0.2, -0.15) is 0 Å². The lowest BCUT2D eigenvalue weighted by atomic mass is 10.1. The minimum atomic E-state index is 0.794. The summed E-state index contributed by atoms with van der Waals surface area (Å²) in [6, 6.07) is 0.794. The second-order valence-electron chi connectivity index (χ2n) is 5.08. The van der Waals surface area contributed by atoms with Gasteiger partial charge in [0.05, 0.1) is 13.2 Å². The van der Waals surface area contributed by atoms with Crippen molar-refractivity contribution in [3.8, 4) is 0 Å². The Morgan fingerprint density at radius 3 is 2.69 bits per heavy atom. The van der Waals surface area contributed by atoms with Crippen LogP contribution in [0.25, 0.3) is 0 Å². The van der Waals surface area contributed by atoms with Crippen molar-refractivity contribution in [2.45, 2.75) is 57.4 Å². The van der Waals surface area contributed by atoms with E-state index in [2.05, 4.69) is 11.4 Å². The largest absolute Gasteiger partial charge is 0.377 e. The van der Waals surface area contributed by atoms with Crippen LogP contribution in [0.3, 0.4) is 0 Å². The van der Waals surface area contributed by atoms with Gasteiger partial charge in [0.15, 0.2) is 0 Å². The van der Waals surface area contributed by atoms with Crippen molar-refractivity contribution >= 4 is 0 Å². The molecule has 2 nitrogen and oxygen atoms in total. The molecular weight excluding hydrogens is 198 g/mol. The van der Waals surface area contributed by atoms with Gasteiger partial charge in [0.1, 0.15) is 0 Å². The second-order valence-corrected chi connectivity index (χ2v) is 5.08. The van der Waals surface area contributed by atoms with Crippen molar-refractivity contribution in [3.63, 3.8) is 0 Å². The summed E-state index contributed by atoms with van der Waals surface area (Å²) in [5.41, 5.74) is 1.59. The Morgan fingerprint density at radius 1 is 1.19 bits per heavy atom. The Hall–Kier alpha value is -0.340. The molecule has 0 aromatic rings. The first kappa shape index (κ1) is 12.1. The van der Waals surface area contributed by atoms with Gasteiger partial charge in [0.25, 0.3) is 0 Å². The highest BCUT2D eigenvalue weighted by Crippen LogP contribution is 2.17. The van der Waals surface area contributed by atoms with Gasteiger partial charge in [-0.05, 0) is 32.2 Å². The molecule has 0 aromatic heterocycles. The number of hydrogen-bond acceptors (Lipinski definition) is 2. The van der Waals surface area contributed by atoms with Crippen LogP contribution in [0.1, 0.15) is 51.4 Å². The molecule has 0 unspecified atom stereocenters. The molecule has 0 atom stereocenters. The van der Waals surface area contributed by atoms with Gasteiger partial charge < -0.3 is 10.1 Å². The van der Waals surface area contributed by atoms with Crippen LogP contribution in [0, 0.1) is 0 Å². The monoisotopic (exact) mass is 223 g/mol. The fourth-order valence-electron chi connectivity index (χ4n) is 2.71. The third-order valence-electron chi connectivity index (χ3n) is 3.79. The zero-order valence-corrected chi connectivity index (χ0v) is 10.3. The summed E-state index contributed by atoms with van der Waals surface area (Å²) >= 11 is 0. The van der Waals surface area contributed by atoms with Gasteiger partial charge >= 0.3 is 0 Å². The van der Waals surface area contributed by atoms with Crippen molar-refractivity contribution in [2.24, 2.45) is 0 Å². The predicted molar refractivity (Wildman–Crippen MR) is 67.6 cm³/mol. The summed E-state index contributed by atoms with van der Waals surface area (Å²) < 4.78 is 5.32. The molecule has 1 aliphatic carbocycles. The third-order valence-corrected chi connectivity index (χ3v) is 3.79. The van der Waals surface area contributed by atoms with Gasteiger partial charge in [0.2, 0.25) is 0 Å². The van der Waals surface area contributed by atoms with Gasteiger partial charge in [-0.1, -0.05) is 37.3 Å². The normalized spacial score (nSPS) is 23.9. The molecule has 1 fully saturated rings. The molecule has 16 heavy (non-hydrogen) atoms. The molecule has 0 bridgehead atoms. The molecular formula is C14H25NO. The number of nitrogens with one attached hydrogen (secondary N) is 1. The van der Waals surface area contributed by atoms with E-state index in [0.717, 1.165) is 32.2 Å². The minimum absolute atomic E-state index is 0.794. The van der Waals surface area contributed by atoms with Crippen LogP contribution in [-0.2, 0) is 4.74 Å². The molecule has 1 N–H and O–H groups in total. The lowest BCUT2D eigenvalue weighted by Crippen LogP contribution is -2.29. The molecule has 1 aliphatic heterocycles. The van der Waals surface area contributed by atoms with Crippen molar-refractivity contribution in [1.29, 1.82) is 0 Å². The molecule has 0 saturated heterocycles. The van der Waals surface area contributed by atoms with E-state index in [1.54, 1.807) is 5.57 Å². The van der Waals surface area contributed by atoms with E-state index in [1.807, 2.05) is 0 Å². The molecule has 1 saturated carbocycles. The van der Waals surface area contributed by atoms with E-state index in [-0.39, 0.29) is 0 Å². The number of hydrogen-bond donors (Lipinski definition) is 1. The summed E-state index contributed by atoms with van der Waals surface area (Å²) in [7, 11) is 0. The fraction of sp³-hybridized carbons (Fsp3) is 0.857. The molecule has 92 valence electrons. The maximum Gasteiger partial charge on any atom is 0.0650 e. The third kappa shape index (κ3) is 4.26. The Balaban J connectivity index is 1.61. The highest BCUT2D eigenvalue weighted by atomic mass is 16.5. The standard InChI is InChI=1S/C14H25NO/c1-2-4-6-14(5-3-1)15-10-7-13-8-11-16-12-9-13/h8,14-15H,1-7,9-12H2. The van der Waals surface area contributed by atoms with Crippen LogP contribution in [0.4, 0.5) is 0 Å². The van der Waals surface area contributed by atoms with E-state index < -0.39 is 0 Å². The Bertz CT molecular complexity index is 217. The van der Waals surface area contributed by atoms with Crippen molar-refractivity contribution in [1.82, 2.24) is 5.32 Å². The second kappa shape index (κ2) is 7.08. The van der Waals surface area contributed by atoms with Crippen molar-refractivity contribution in [3.05, 3.63) is 11.6 Å². The molecule has 2 heteroatoms. The molecule has 0 aromatic carbocycles. The zero-order chi connectivity index (χ0) is 11.1. The van der Waals surface area contributed by atoms with Crippen LogP contribution in [0.2, 0.25) is 0 Å². The first-order valence-corrected chi connectivity index (χ1v) is 6.94. The predicted octanol–water partition coefficient (Wildman–Crippen LogP) is 3.04. The summed E-state index contributed by atoms with van der Waals surface area (Å²) in [5, 5.41) is 3.73. The van der Waals surface area contributed by atoms with Crippen LogP contribution < -0.4 is 5.32 Å². The molecule has 1 heterocycles. The Morgan fingerprint density at radius 2 is 2.00 bits per heavy atom. The SMILES string of the molecule is C1=C(CCNC2CCCCCC2)CCOC1. The van der Waals surface area contributed by atoms with E-state index in [4.69, 9.17) is 4.74 Å². The maximum absolute atomic E-state index is 5.32. The average molecular weight is 223 g/mol. The lowest BCUT2D eigenvalue weighted by Gasteiger charge is -2.18. The van der Waals surface area contributed by atoms with E-state index in [0.29, 0.717) is 0 Å². The fourth-order valence-corrected chi connectivity index (χ4v) is 2.71. The first-order valence-electron chi connectivity index (χ1n) is 6.94. The quantitative estimate of drug-likeness (QED) is 0.584. The molecule has 2 rings (SSSR count). The molecule has 0 spiro atoms. The summed E-state index contributed by atoms with van der Waals surface area (Å²) in [6.07, 6.45) is 13.2. The number of rotatable bonds is 4. The van der Waals surface area contributed by atoms with Gasteiger partial charge in [-0.15, -0.1) is 0 Å². The summed E-state index contributed by atoms with van der Waals surface area (Å²) in [6.45, 7) is 2.92. The smallest absolute Gasteiger partial charge is 0.0650 e. The minimum Gasteiger partial charge on any atom is -0.377 e. The highest BCUT2D eigenvalue weighted by molar-refractivity contribution is 5.04. The average Bonchev–Trinajstić information content (AvgIpc) is 2.59. The van der Waals surface area contributed by atoms with E-state index >= 15 is 0 Å². The Labute approximate surface area is 99.4 Å². The molecule has 0 radical (unpaired) electrons. The van der Waals surface area contributed by atoms with Crippen LogP contribution in [-0.4, -0.2) is 25.8 Å². The van der Waals surface area contributed by atoms with Crippen LogP contribution in [0.5, 0.6) is 0 Å². The van der Waals surface area contributed by atoms with Crippen LogP contribution >= 0.6 is 0 Å². The van der Waals surface area contributed by atoms with Crippen molar-refractivity contribution < 1.29 is 4.74 Å². The van der Waals surface area contributed by atoms with Crippen molar-refractivity contribution in [2.75, 3.05) is 19.8 Å². The van der Waals surface area contributed by atoms with Gasteiger partial charge in [-0.3, -0.25) is 0 Å². The number of ether oxygens (including phenoxy) is 1. The first-order chi connectivity index (χ1) is 7.95. The zero-order valence-electron chi connectivity index (χ0n) is 10.3. The summed E-state index contributed by atoms with van der Waals surface area (Å²) in [5.74, 6) is 0. The Kier molecular flexibility index (Phi) is 5.36. The topological polar surface area (TPSA) is 21.3 Å². The molecule has 2 aliphatic rings. The van der Waals surface area contributed by atoms with Gasteiger partial charge in [0, 0.05) is 6.04 Å². The van der Waals surface area contributed by atoms with E-state index in [9.17, 15) is 0 Å². The highest BCUT2D eigenvalue weighted by Gasteiger charge is 2.11. The van der Waals surface area contributed by atoms with Gasteiger partial charge in [-0.25, -0.2) is 0 Å². The molecule has 0 amide bonds. The van der Waals surface area contributed by atoms with Crippen LogP contribution in [0.15, 0.2) is 11.6 Å². The maximum atomic E-state index is 5.32. The lowest BCUT2D eigenvalue weighted by molar-refractivity contribution is 0.153. The van der Waals surface area contributed by atoms with E-state index in [1.165, 1.54) is 44.9 Å².